The molecule has 0 saturated carbocycles. The molecule has 0 fully saturated rings. The Morgan fingerprint density at radius 3 is 2.76 bits per heavy atom. The summed E-state index contributed by atoms with van der Waals surface area (Å²) in [6.07, 6.45) is 4.17. The summed E-state index contributed by atoms with van der Waals surface area (Å²) in [6.45, 7) is 0.669. The van der Waals surface area contributed by atoms with Crippen molar-refractivity contribution >= 4 is 32.9 Å². The minimum Gasteiger partial charge on any atom is -0.352 e. The number of hydrogen-bond acceptors (Lipinski definition) is 3. The topological polar surface area (TPSA) is 54.9 Å². The molecule has 0 saturated heterocycles. The van der Waals surface area contributed by atoms with E-state index in [4.69, 9.17) is 0 Å². The Morgan fingerprint density at radius 2 is 2.00 bits per heavy atom. The zero-order valence-electron chi connectivity index (χ0n) is 9.19. The van der Waals surface area contributed by atoms with Gasteiger partial charge in [0.1, 0.15) is 0 Å². The van der Waals surface area contributed by atoms with Crippen LogP contribution in [0.4, 0.5) is 0 Å². The van der Waals surface area contributed by atoms with E-state index < -0.39 is 0 Å². The minimum absolute atomic E-state index is 0.0708. The number of rotatable bonds is 4. The first-order chi connectivity index (χ1) is 8.31. The summed E-state index contributed by atoms with van der Waals surface area (Å²) < 4.78 is 0. The molecule has 0 unspecified atom stereocenters. The molecule has 0 atom stereocenters. The molecule has 0 aliphatic rings. The van der Waals surface area contributed by atoms with Gasteiger partial charge in [-0.3, -0.25) is 14.8 Å². The molecular formula is C12H12BrN3O. The van der Waals surface area contributed by atoms with Gasteiger partial charge >= 0.3 is 0 Å². The summed E-state index contributed by atoms with van der Waals surface area (Å²) in [5.41, 5.74) is 2.15. The Bertz CT molecular complexity index is 530. The summed E-state index contributed by atoms with van der Waals surface area (Å²) in [6, 6.07) is 5.33. The van der Waals surface area contributed by atoms with Crippen molar-refractivity contribution in [2.24, 2.45) is 0 Å². The van der Waals surface area contributed by atoms with Crippen molar-refractivity contribution in [3.05, 3.63) is 36.2 Å². The highest BCUT2D eigenvalue weighted by atomic mass is 79.9. The van der Waals surface area contributed by atoms with Crippen LogP contribution in [-0.4, -0.2) is 27.7 Å². The molecule has 2 rings (SSSR count). The second kappa shape index (κ2) is 5.72. The number of nitrogens with one attached hydrogen (secondary N) is 1. The van der Waals surface area contributed by atoms with E-state index in [0.29, 0.717) is 12.1 Å². The van der Waals surface area contributed by atoms with Crippen molar-refractivity contribution in [1.82, 2.24) is 15.3 Å². The number of hydrogen-bond donors (Lipinski definition) is 1. The average molecular weight is 294 g/mol. The van der Waals surface area contributed by atoms with E-state index in [-0.39, 0.29) is 5.91 Å². The monoisotopic (exact) mass is 293 g/mol. The van der Waals surface area contributed by atoms with Crippen LogP contribution >= 0.6 is 15.9 Å². The first-order valence-corrected chi connectivity index (χ1v) is 6.48. The number of fused-ring (bicyclic) bond motifs is 1. The van der Waals surface area contributed by atoms with Crippen molar-refractivity contribution in [2.45, 2.75) is 6.42 Å². The van der Waals surface area contributed by atoms with Gasteiger partial charge in [0.25, 0.3) is 5.91 Å². The maximum atomic E-state index is 11.8. The van der Waals surface area contributed by atoms with Crippen LogP contribution in [0.5, 0.6) is 0 Å². The van der Waals surface area contributed by atoms with Crippen LogP contribution in [0, 0.1) is 0 Å². The Morgan fingerprint density at radius 1 is 1.24 bits per heavy atom. The third-order valence-electron chi connectivity index (χ3n) is 2.33. The number of benzene rings is 1. The van der Waals surface area contributed by atoms with Gasteiger partial charge < -0.3 is 5.32 Å². The third kappa shape index (κ3) is 3.00. The average Bonchev–Trinajstić information content (AvgIpc) is 2.38. The molecule has 88 valence electrons. The fourth-order valence-corrected chi connectivity index (χ4v) is 1.76. The lowest BCUT2D eigenvalue weighted by molar-refractivity contribution is 0.0954. The van der Waals surface area contributed by atoms with Crippen LogP contribution in [0.3, 0.4) is 0 Å². The van der Waals surface area contributed by atoms with Crippen LogP contribution < -0.4 is 5.32 Å². The highest BCUT2D eigenvalue weighted by Gasteiger charge is 2.06. The van der Waals surface area contributed by atoms with E-state index in [1.807, 2.05) is 6.07 Å². The number of aromatic nitrogens is 2. The summed E-state index contributed by atoms with van der Waals surface area (Å²) in [5.74, 6) is -0.0708. The molecule has 1 aromatic heterocycles. The molecule has 5 heteroatoms. The van der Waals surface area contributed by atoms with E-state index in [9.17, 15) is 4.79 Å². The predicted octanol–water partition coefficient (Wildman–Crippen LogP) is 2.14. The van der Waals surface area contributed by atoms with Crippen molar-refractivity contribution in [3.8, 4) is 0 Å². The van der Waals surface area contributed by atoms with Crippen LogP contribution in [0.15, 0.2) is 30.6 Å². The number of amides is 1. The Hall–Kier alpha value is -1.49. The van der Waals surface area contributed by atoms with E-state index >= 15 is 0 Å². The molecule has 17 heavy (non-hydrogen) atoms. The van der Waals surface area contributed by atoms with Crippen molar-refractivity contribution in [2.75, 3.05) is 11.9 Å². The van der Waals surface area contributed by atoms with Crippen LogP contribution in [0.25, 0.3) is 11.0 Å². The zero-order valence-corrected chi connectivity index (χ0v) is 10.8. The van der Waals surface area contributed by atoms with Gasteiger partial charge in [-0.15, -0.1) is 0 Å². The van der Waals surface area contributed by atoms with Gasteiger partial charge in [-0.2, -0.15) is 0 Å². The number of halogens is 1. The summed E-state index contributed by atoms with van der Waals surface area (Å²) in [5, 5.41) is 3.73. The van der Waals surface area contributed by atoms with Gasteiger partial charge in [0, 0.05) is 29.8 Å². The Labute approximate surface area is 108 Å². The molecule has 1 N–H and O–H groups in total. The van der Waals surface area contributed by atoms with Crippen LogP contribution in [0.1, 0.15) is 16.8 Å². The predicted molar refractivity (Wildman–Crippen MR) is 70.3 cm³/mol. The van der Waals surface area contributed by atoms with Crippen molar-refractivity contribution in [3.63, 3.8) is 0 Å². The fourth-order valence-electron chi connectivity index (χ4n) is 1.48. The third-order valence-corrected chi connectivity index (χ3v) is 2.89. The SMILES string of the molecule is O=C(NCCCBr)c1ccc2nccnc2c1. The molecule has 0 radical (unpaired) electrons. The first kappa shape index (κ1) is 12.0. The van der Waals surface area contributed by atoms with E-state index in [1.54, 1.807) is 24.5 Å². The summed E-state index contributed by atoms with van der Waals surface area (Å²) >= 11 is 3.32. The summed E-state index contributed by atoms with van der Waals surface area (Å²) in [4.78, 5) is 20.1. The first-order valence-electron chi connectivity index (χ1n) is 5.36. The molecule has 4 nitrogen and oxygen atoms in total. The maximum Gasteiger partial charge on any atom is 0.251 e. The second-order valence-electron chi connectivity index (χ2n) is 3.56. The minimum atomic E-state index is -0.0708. The smallest absolute Gasteiger partial charge is 0.251 e. The highest BCUT2D eigenvalue weighted by Crippen LogP contribution is 2.10. The van der Waals surface area contributed by atoms with E-state index in [0.717, 1.165) is 22.8 Å². The molecule has 0 spiro atoms. The number of nitrogens with zero attached hydrogens (tertiary/aromatic N) is 2. The number of carbonyl (C=O) groups is 1. The van der Waals surface area contributed by atoms with E-state index in [1.165, 1.54) is 0 Å². The molecule has 1 heterocycles. The van der Waals surface area contributed by atoms with Gasteiger partial charge in [0.2, 0.25) is 0 Å². The Balaban J connectivity index is 2.15. The molecular weight excluding hydrogens is 282 g/mol. The number of carbonyl (C=O) groups excluding carboxylic acids is 1. The van der Waals surface area contributed by atoms with Crippen molar-refractivity contribution in [1.29, 1.82) is 0 Å². The van der Waals surface area contributed by atoms with Gasteiger partial charge in [-0.05, 0) is 24.6 Å². The highest BCUT2D eigenvalue weighted by molar-refractivity contribution is 9.09. The van der Waals surface area contributed by atoms with Crippen LogP contribution in [-0.2, 0) is 0 Å². The fraction of sp³-hybridized carbons (Fsp3) is 0.250. The lowest BCUT2D eigenvalue weighted by atomic mass is 10.2. The van der Waals surface area contributed by atoms with Crippen LogP contribution in [0.2, 0.25) is 0 Å². The molecule has 0 aliphatic carbocycles. The molecule has 2 aromatic rings. The zero-order chi connectivity index (χ0) is 12.1. The van der Waals surface area contributed by atoms with Gasteiger partial charge in [-0.25, -0.2) is 0 Å². The number of alkyl halides is 1. The quantitative estimate of drug-likeness (QED) is 0.694. The summed E-state index contributed by atoms with van der Waals surface area (Å²) in [7, 11) is 0. The molecule has 1 aromatic carbocycles. The molecule has 0 aliphatic heterocycles. The van der Waals surface area contributed by atoms with Gasteiger partial charge in [0.15, 0.2) is 0 Å². The standard InChI is InChI=1S/C12H12BrN3O/c13-4-1-5-16-12(17)9-2-3-10-11(8-9)15-7-6-14-10/h2-3,6-8H,1,4-5H2,(H,16,17). The maximum absolute atomic E-state index is 11.8. The van der Waals surface area contributed by atoms with Gasteiger partial charge in [-0.1, -0.05) is 15.9 Å². The molecule has 0 bridgehead atoms. The second-order valence-corrected chi connectivity index (χ2v) is 4.35. The van der Waals surface area contributed by atoms with E-state index in [2.05, 4.69) is 31.2 Å². The lowest BCUT2D eigenvalue weighted by Crippen LogP contribution is -2.24. The van der Waals surface area contributed by atoms with Gasteiger partial charge in [0.05, 0.1) is 11.0 Å². The lowest BCUT2D eigenvalue weighted by Gasteiger charge is -2.04. The van der Waals surface area contributed by atoms with Crippen molar-refractivity contribution < 1.29 is 4.79 Å². The largest absolute Gasteiger partial charge is 0.352 e. The molecule has 1 amide bonds. The normalized spacial score (nSPS) is 10.4. The Kier molecular flexibility index (Phi) is 4.03.